The number of nitrogens with zero attached hydrogens (tertiary/aromatic N) is 1. The Hall–Kier alpha value is -1.35. The number of amides is 1. The molecule has 106 valence electrons. The smallest absolute Gasteiger partial charge is 0.227 e. The zero-order chi connectivity index (χ0) is 14.3. The molecule has 1 amide bonds. The van der Waals surface area contributed by atoms with Crippen LogP contribution in [-0.2, 0) is 11.2 Å². The van der Waals surface area contributed by atoms with E-state index in [1.54, 1.807) is 0 Å². The third-order valence-electron chi connectivity index (χ3n) is 3.05. The minimum absolute atomic E-state index is 0.201. The molecule has 1 aromatic carbocycles. The van der Waals surface area contributed by atoms with E-state index in [9.17, 15) is 4.79 Å². The predicted octanol–water partition coefficient (Wildman–Crippen LogP) is 2.46. The number of hydrogen-bond acceptors (Lipinski definition) is 2. The molecule has 0 spiro atoms. The number of rotatable bonds is 7. The van der Waals surface area contributed by atoms with Gasteiger partial charge in [0.05, 0.1) is 6.42 Å². The third-order valence-corrected chi connectivity index (χ3v) is 3.05. The van der Waals surface area contributed by atoms with Gasteiger partial charge < -0.3 is 10.2 Å². The van der Waals surface area contributed by atoms with Crippen LogP contribution < -0.4 is 5.32 Å². The summed E-state index contributed by atoms with van der Waals surface area (Å²) < 4.78 is 0. The lowest BCUT2D eigenvalue weighted by Gasteiger charge is -2.27. The van der Waals surface area contributed by atoms with Crippen molar-refractivity contribution in [3.63, 3.8) is 0 Å². The standard InChI is InChI=1S/C16H26N2O/c1-13(2)17-10-11-18(14(3)4)16(19)12-15-8-6-5-7-9-15/h5-9,13-14,17H,10-12H2,1-4H3. The van der Waals surface area contributed by atoms with E-state index in [1.165, 1.54) is 0 Å². The van der Waals surface area contributed by atoms with Gasteiger partial charge in [0.1, 0.15) is 0 Å². The molecule has 0 aliphatic heterocycles. The third kappa shape index (κ3) is 5.88. The molecule has 0 fully saturated rings. The fraction of sp³-hybridized carbons (Fsp3) is 0.562. The summed E-state index contributed by atoms with van der Waals surface area (Å²) in [5.74, 6) is 0.201. The second kappa shape index (κ2) is 7.95. The number of benzene rings is 1. The first-order valence-corrected chi connectivity index (χ1v) is 7.07. The molecule has 0 saturated heterocycles. The first-order chi connectivity index (χ1) is 9.00. The van der Waals surface area contributed by atoms with Gasteiger partial charge in [0.25, 0.3) is 0 Å². The Morgan fingerprint density at radius 2 is 1.79 bits per heavy atom. The van der Waals surface area contributed by atoms with E-state index in [2.05, 4.69) is 33.0 Å². The maximum Gasteiger partial charge on any atom is 0.227 e. The van der Waals surface area contributed by atoms with Crippen LogP contribution in [-0.4, -0.2) is 36.0 Å². The van der Waals surface area contributed by atoms with Gasteiger partial charge in [0, 0.05) is 25.2 Å². The monoisotopic (exact) mass is 262 g/mol. The van der Waals surface area contributed by atoms with Gasteiger partial charge in [-0.1, -0.05) is 44.2 Å². The van der Waals surface area contributed by atoms with Crippen LogP contribution in [0.15, 0.2) is 30.3 Å². The zero-order valence-electron chi connectivity index (χ0n) is 12.5. The van der Waals surface area contributed by atoms with Crippen LogP contribution in [0, 0.1) is 0 Å². The van der Waals surface area contributed by atoms with Gasteiger partial charge >= 0.3 is 0 Å². The first kappa shape index (κ1) is 15.7. The van der Waals surface area contributed by atoms with Gasteiger partial charge in [-0.2, -0.15) is 0 Å². The molecule has 0 radical (unpaired) electrons. The lowest BCUT2D eigenvalue weighted by molar-refractivity contribution is -0.132. The van der Waals surface area contributed by atoms with Gasteiger partial charge in [-0.15, -0.1) is 0 Å². The van der Waals surface area contributed by atoms with Crippen molar-refractivity contribution >= 4 is 5.91 Å². The first-order valence-electron chi connectivity index (χ1n) is 7.07. The van der Waals surface area contributed by atoms with Crippen LogP contribution in [0.2, 0.25) is 0 Å². The molecule has 0 bridgehead atoms. The van der Waals surface area contributed by atoms with Crippen molar-refractivity contribution in [1.29, 1.82) is 0 Å². The highest BCUT2D eigenvalue weighted by molar-refractivity contribution is 5.79. The van der Waals surface area contributed by atoms with Crippen LogP contribution in [0.25, 0.3) is 0 Å². The lowest BCUT2D eigenvalue weighted by Crippen LogP contribution is -2.43. The van der Waals surface area contributed by atoms with Crippen LogP contribution in [0.3, 0.4) is 0 Å². The van der Waals surface area contributed by atoms with Crippen LogP contribution >= 0.6 is 0 Å². The van der Waals surface area contributed by atoms with Crippen LogP contribution in [0.4, 0.5) is 0 Å². The van der Waals surface area contributed by atoms with Crippen molar-refractivity contribution < 1.29 is 4.79 Å². The lowest BCUT2D eigenvalue weighted by atomic mass is 10.1. The van der Waals surface area contributed by atoms with Crippen molar-refractivity contribution in [2.75, 3.05) is 13.1 Å². The van der Waals surface area contributed by atoms with Gasteiger partial charge in [0.2, 0.25) is 5.91 Å². The Morgan fingerprint density at radius 1 is 1.16 bits per heavy atom. The molecule has 1 N–H and O–H groups in total. The summed E-state index contributed by atoms with van der Waals surface area (Å²) in [6.45, 7) is 9.98. The van der Waals surface area contributed by atoms with Crippen molar-refractivity contribution in [1.82, 2.24) is 10.2 Å². The van der Waals surface area contributed by atoms with Crippen LogP contribution in [0.1, 0.15) is 33.3 Å². The fourth-order valence-electron chi connectivity index (χ4n) is 2.02. The fourth-order valence-corrected chi connectivity index (χ4v) is 2.02. The van der Waals surface area contributed by atoms with Crippen molar-refractivity contribution in [2.24, 2.45) is 0 Å². The van der Waals surface area contributed by atoms with E-state index < -0.39 is 0 Å². The Kier molecular flexibility index (Phi) is 6.57. The Balaban J connectivity index is 2.53. The Morgan fingerprint density at radius 3 is 2.32 bits per heavy atom. The molecule has 0 atom stereocenters. The Bertz CT molecular complexity index is 374. The highest BCUT2D eigenvalue weighted by atomic mass is 16.2. The molecule has 0 heterocycles. The largest absolute Gasteiger partial charge is 0.339 e. The van der Waals surface area contributed by atoms with Gasteiger partial charge in [-0.05, 0) is 19.4 Å². The number of carbonyl (C=O) groups excluding carboxylic acids is 1. The molecule has 19 heavy (non-hydrogen) atoms. The highest BCUT2D eigenvalue weighted by Crippen LogP contribution is 2.06. The summed E-state index contributed by atoms with van der Waals surface area (Å²) in [7, 11) is 0. The number of carbonyl (C=O) groups is 1. The van der Waals surface area contributed by atoms with Crippen molar-refractivity contribution in [3.8, 4) is 0 Å². The molecule has 1 aromatic rings. The molecule has 0 unspecified atom stereocenters. The highest BCUT2D eigenvalue weighted by Gasteiger charge is 2.16. The van der Waals surface area contributed by atoms with Gasteiger partial charge in [-0.3, -0.25) is 4.79 Å². The molecule has 0 aliphatic rings. The zero-order valence-corrected chi connectivity index (χ0v) is 12.5. The molecule has 3 heteroatoms. The number of nitrogens with one attached hydrogen (secondary N) is 1. The molecule has 1 rings (SSSR count). The summed E-state index contributed by atoms with van der Waals surface area (Å²) in [4.78, 5) is 14.3. The van der Waals surface area contributed by atoms with Gasteiger partial charge in [0.15, 0.2) is 0 Å². The SMILES string of the molecule is CC(C)NCCN(C(=O)Cc1ccccc1)C(C)C. The minimum atomic E-state index is 0.201. The van der Waals surface area contributed by atoms with E-state index >= 15 is 0 Å². The molecular weight excluding hydrogens is 236 g/mol. The molecule has 0 aromatic heterocycles. The summed E-state index contributed by atoms with van der Waals surface area (Å²) in [6, 6.07) is 10.6. The molecule has 0 saturated carbocycles. The summed E-state index contributed by atoms with van der Waals surface area (Å²) in [5.41, 5.74) is 1.08. The average Bonchev–Trinajstić information content (AvgIpc) is 2.35. The topological polar surface area (TPSA) is 32.3 Å². The second-order valence-electron chi connectivity index (χ2n) is 5.45. The van der Waals surface area contributed by atoms with Crippen molar-refractivity contribution in [3.05, 3.63) is 35.9 Å². The van der Waals surface area contributed by atoms with Gasteiger partial charge in [-0.25, -0.2) is 0 Å². The normalized spacial score (nSPS) is 11.1. The van der Waals surface area contributed by atoms with E-state index in [1.807, 2.05) is 35.2 Å². The molecule has 3 nitrogen and oxygen atoms in total. The quantitative estimate of drug-likeness (QED) is 0.818. The van der Waals surface area contributed by atoms with Crippen LogP contribution in [0.5, 0.6) is 0 Å². The van der Waals surface area contributed by atoms with Crippen molar-refractivity contribution in [2.45, 2.75) is 46.2 Å². The molecule has 0 aliphatic carbocycles. The maximum atomic E-state index is 12.3. The van der Waals surface area contributed by atoms with E-state index in [4.69, 9.17) is 0 Å². The predicted molar refractivity (Wildman–Crippen MR) is 80.1 cm³/mol. The van der Waals surface area contributed by atoms with E-state index in [0.29, 0.717) is 12.5 Å². The number of hydrogen-bond donors (Lipinski definition) is 1. The minimum Gasteiger partial charge on any atom is -0.339 e. The van der Waals surface area contributed by atoms with E-state index in [-0.39, 0.29) is 11.9 Å². The Labute approximate surface area is 117 Å². The summed E-state index contributed by atoms with van der Waals surface area (Å²) >= 11 is 0. The molecular formula is C16H26N2O. The average molecular weight is 262 g/mol. The summed E-state index contributed by atoms with van der Waals surface area (Å²) in [5, 5.41) is 3.36. The second-order valence-corrected chi connectivity index (χ2v) is 5.45. The maximum absolute atomic E-state index is 12.3. The van der Waals surface area contributed by atoms with E-state index in [0.717, 1.165) is 18.7 Å². The summed E-state index contributed by atoms with van der Waals surface area (Å²) in [6.07, 6.45) is 0.487.